The zero-order valence-electron chi connectivity index (χ0n) is 21.3. The summed E-state index contributed by atoms with van der Waals surface area (Å²) in [4.78, 5) is 18.0. The van der Waals surface area contributed by atoms with Crippen LogP contribution in [0, 0.1) is 19.8 Å². The van der Waals surface area contributed by atoms with Gasteiger partial charge in [0.05, 0.1) is 11.6 Å². The molecule has 0 atom stereocenters. The van der Waals surface area contributed by atoms with Crippen LogP contribution in [0.4, 0.5) is 0 Å². The van der Waals surface area contributed by atoms with E-state index in [0.717, 1.165) is 53.3 Å². The predicted molar refractivity (Wildman–Crippen MR) is 139 cm³/mol. The number of benzene rings is 2. The molecule has 0 radical (unpaired) electrons. The minimum absolute atomic E-state index is 0.219. The Bertz CT molecular complexity index is 1360. The first-order valence-electron chi connectivity index (χ1n) is 12.5. The summed E-state index contributed by atoms with van der Waals surface area (Å²) < 4.78 is 13.5. The zero-order valence-corrected chi connectivity index (χ0v) is 21.3. The number of ether oxygens (including phenoxy) is 1. The lowest BCUT2D eigenvalue weighted by Gasteiger charge is -2.30. The SMILES string of the molecule is Cc1cc(-c2noc(-c3cc(-c4ccccc4)n(C)n3)n2)cc(C)c1OCCN1CCC(C(=O)O)CC1. The number of aryl methyl sites for hydroxylation is 3. The Morgan fingerprint density at radius 1 is 1.08 bits per heavy atom. The molecule has 0 unspecified atom stereocenters. The van der Waals surface area contributed by atoms with Gasteiger partial charge < -0.3 is 14.4 Å². The summed E-state index contributed by atoms with van der Waals surface area (Å²) in [6.45, 7) is 6.93. The molecule has 5 rings (SSSR count). The summed E-state index contributed by atoms with van der Waals surface area (Å²) in [6.07, 6.45) is 1.39. The molecule has 3 heterocycles. The van der Waals surface area contributed by atoms with Crippen molar-refractivity contribution < 1.29 is 19.2 Å². The van der Waals surface area contributed by atoms with Gasteiger partial charge in [-0.25, -0.2) is 0 Å². The van der Waals surface area contributed by atoms with Crippen LogP contribution in [-0.4, -0.2) is 62.1 Å². The fourth-order valence-electron chi connectivity index (χ4n) is 4.88. The van der Waals surface area contributed by atoms with Gasteiger partial charge in [0.2, 0.25) is 5.82 Å². The van der Waals surface area contributed by atoms with Crippen molar-refractivity contribution in [2.24, 2.45) is 13.0 Å². The fourth-order valence-corrected chi connectivity index (χ4v) is 4.88. The number of carboxylic acid groups (broad SMARTS) is 1. The van der Waals surface area contributed by atoms with Crippen LogP contribution in [0.5, 0.6) is 5.75 Å². The summed E-state index contributed by atoms with van der Waals surface area (Å²) in [5.74, 6) is 0.817. The van der Waals surface area contributed by atoms with Crippen LogP contribution in [0.3, 0.4) is 0 Å². The Labute approximate surface area is 215 Å². The fraction of sp³-hybridized carbons (Fsp3) is 0.357. The monoisotopic (exact) mass is 501 g/mol. The van der Waals surface area contributed by atoms with E-state index in [1.165, 1.54) is 0 Å². The van der Waals surface area contributed by atoms with Gasteiger partial charge in [-0.15, -0.1) is 0 Å². The highest BCUT2D eigenvalue weighted by molar-refractivity contribution is 5.70. The van der Waals surface area contributed by atoms with Crippen molar-refractivity contribution in [2.45, 2.75) is 26.7 Å². The molecule has 37 heavy (non-hydrogen) atoms. The number of aromatic nitrogens is 4. The molecule has 2 aromatic carbocycles. The second-order valence-electron chi connectivity index (χ2n) is 9.57. The second kappa shape index (κ2) is 10.6. The molecule has 1 aliphatic rings. The van der Waals surface area contributed by atoms with Gasteiger partial charge in [0.1, 0.15) is 12.4 Å². The summed E-state index contributed by atoms with van der Waals surface area (Å²) in [7, 11) is 1.90. The van der Waals surface area contributed by atoms with Gasteiger partial charge in [-0.05, 0) is 74.7 Å². The molecule has 0 bridgehead atoms. The largest absolute Gasteiger partial charge is 0.492 e. The van der Waals surface area contributed by atoms with Gasteiger partial charge in [0.25, 0.3) is 5.89 Å². The van der Waals surface area contributed by atoms with Crippen LogP contribution < -0.4 is 4.74 Å². The Morgan fingerprint density at radius 3 is 2.46 bits per heavy atom. The van der Waals surface area contributed by atoms with E-state index in [4.69, 9.17) is 14.4 Å². The molecule has 1 aliphatic heterocycles. The van der Waals surface area contributed by atoms with E-state index >= 15 is 0 Å². The number of nitrogens with zero attached hydrogens (tertiary/aromatic N) is 5. The van der Waals surface area contributed by atoms with E-state index in [9.17, 15) is 4.79 Å². The average Bonchev–Trinajstić information content (AvgIpc) is 3.53. The molecule has 2 aromatic heterocycles. The third-order valence-electron chi connectivity index (χ3n) is 6.90. The van der Waals surface area contributed by atoms with Crippen molar-refractivity contribution in [1.29, 1.82) is 0 Å². The molecule has 1 N–H and O–H groups in total. The summed E-state index contributed by atoms with van der Waals surface area (Å²) in [5.41, 5.74) is 5.50. The maximum absolute atomic E-state index is 11.1. The summed E-state index contributed by atoms with van der Waals surface area (Å²) >= 11 is 0. The molecule has 192 valence electrons. The Balaban J connectivity index is 1.25. The number of carbonyl (C=O) groups is 1. The van der Waals surface area contributed by atoms with Gasteiger partial charge in [0.15, 0.2) is 5.69 Å². The third-order valence-corrected chi connectivity index (χ3v) is 6.90. The van der Waals surface area contributed by atoms with Crippen molar-refractivity contribution >= 4 is 5.97 Å². The number of rotatable bonds is 8. The number of hydrogen-bond acceptors (Lipinski definition) is 7. The molecule has 9 heteroatoms. The lowest BCUT2D eigenvalue weighted by atomic mass is 9.97. The Morgan fingerprint density at radius 2 is 1.78 bits per heavy atom. The molecular weight excluding hydrogens is 470 g/mol. The van der Waals surface area contributed by atoms with Gasteiger partial charge in [-0.3, -0.25) is 14.4 Å². The van der Waals surface area contributed by atoms with Crippen LogP contribution in [0.25, 0.3) is 34.2 Å². The normalized spacial score (nSPS) is 14.7. The molecule has 9 nitrogen and oxygen atoms in total. The maximum Gasteiger partial charge on any atom is 0.306 e. The van der Waals surface area contributed by atoms with Crippen molar-refractivity contribution in [2.75, 3.05) is 26.2 Å². The average molecular weight is 502 g/mol. The highest BCUT2D eigenvalue weighted by Crippen LogP contribution is 2.31. The molecule has 1 fully saturated rings. The van der Waals surface area contributed by atoms with E-state index in [-0.39, 0.29) is 5.92 Å². The third kappa shape index (κ3) is 5.41. The zero-order chi connectivity index (χ0) is 25.9. The quantitative estimate of drug-likeness (QED) is 0.373. The van der Waals surface area contributed by atoms with Gasteiger partial charge in [-0.1, -0.05) is 35.5 Å². The van der Waals surface area contributed by atoms with Gasteiger partial charge in [0, 0.05) is 19.2 Å². The van der Waals surface area contributed by atoms with Crippen LogP contribution in [0.1, 0.15) is 24.0 Å². The van der Waals surface area contributed by atoms with Crippen molar-refractivity contribution in [3.63, 3.8) is 0 Å². The standard InChI is InChI=1S/C28H31N5O4/c1-18-15-22(16-19(2)25(18)36-14-13-33-11-9-21(10-12-33)28(34)35)26-29-27(37-31-26)23-17-24(32(3)30-23)20-7-5-4-6-8-20/h4-8,15-17,21H,9-14H2,1-3H3,(H,34,35). The second-order valence-corrected chi connectivity index (χ2v) is 9.57. The summed E-state index contributed by atoms with van der Waals surface area (Å²) in [6, 6.07) is 16.0. The van der Waals surface area contributed by atoms with Crippen LogP contribution in [0.2, 0.25) is 0 Å². The topological polar surface area (TPSA) is 107 Å². The number of likely N-dealkylation sites (tertiary alicyclic amines) is 1. The van der Waals surface area contributed by atoms with Crippen LogP contribution >= 0.6 is 0 Å². The maximum atomic E-state index is 11.1. The van der Waals surface area contributed by atoms with Crippen molar-refractivity contribution in [3.05, 3.63) is 59.7 Å². The summed E-state index contributed by atoms with van der Waals surface area (Å²) in [5, 5.41) is 17.9. The van der Waals surface area contributed by atoms with E-state index < -0.39 is 5.97 Å². The number of hydrogen-bond donors (Lipinski definition) is 1. The van der Waals surface area contributed by atoms with E-state index in [0.29, 0.717) is 36.9 Å². The highest BCUT2D eigenvalue weighted by Gasteiger charge is 2.24. The minimum Gasteiger partial charge on any atom is -0.492 e. The molecule has 0 amide bonds. The van der Waals surface area contributed by atoms with E-state index in [1.807, 2.05) is 74.1 Å². The molecule has 0 spiro atoms. The molecule has 0 saturated carbocycles. The lowest BCUT2D eigenvalue weighted by molar-refractivity contribution is -0.143. The van der Waals surface area contributed by atoms with Crippen LogP contribution in [0.15, 0.2) is 53.1 Å². The molecule has 4 aromatic rings. The first kappa shape index (κ1) is 24.7. The first-order chi connectivity index (χ1) is 17.9. The van der Waals surface area contributed by atoms with Crippen molar-refractivity contribution in [3.8, 4) is 40.0 Å². The minimum atomic E-state index is -0.687. The Hall–Kier alpha value is -3.98. The number of carboxylic acids is 1. The first-order valence-corrected chi connectivity index (χ1v) is 12.5. The number of piperidine rings is 1. The molecule has 0 aliphatic carbocycles. The predicted octanol–water partition coefficient (Wildman–Crippen LogP) is 4.60. The van der Waals surface area contributed by atoms with Crippen molar-refractivity contribution in [1.82, 2.24) is 24.8 Å². The van der Waals surface area contributed by atoms with Gasteiger partial charge >= 0.3 is 5.97 Å². The number of aliphatic carboxylic acids is 1. The van der Waals surface area contributed by atoms with E-state index in [2.05, 4.69) is 20.1 Å². The van der Waals surface area contributed by atoms with Crippen LogP contribution in [-0.2, 0) is 11.8 Å². The smallest absolute Gasteiger partial charge is 0.306 e. The van der Waals surface area contributed by atoms with E-state index in [1.54, 1.807) is 0 Å². The Kier molecular flexibility index (Phi) is 7.05. The highest BCUT2D eigenvalue weighted by atomic mass is 16.5. The van der Waals surface area contributed by atoms with Gasteiger partial charge in [-0.2, -0.15) is 10.1 Å². The molecular formula is C28H31N5O4. The molecule has 1 saturated heterocycles. The lowest BCUT2D eigenvalue weighted by Crippen LogP contribution is -2.38.